The quantitative estimate of drug-likeness (QED) is 0.869. The van der Waals surface area contributed by atoms with Crippen molar-refractivity contribution in [2.45, 2.75) is 6.04 Å². The van der Waals surface area contributed by atoms with Gasteiger partial charge in [-0.05, 0) is 32.3 Å². The zero-order valence-electron chi connectivity index (χ0n) is 11.8. The van der Waals surface area contributed by atoms with Crippen LogP contribution in [0.5, 0.6) is 0 Å². The molecule has 0 radical (unpaired) electrons. The fourth-order valence-electron chi connectivity index (χ4n) is 2.44. The van der Waals surface area contributed by atoms with Crippen LogP contribution in [0.25, 0.3) is 0 Å². The summed E-state index contributed by atoms with van der Waals surface area (Å²) < 4.78 is 27.1. The summed E-state index contributed by atoms with van der Waals surface area (Å²) in [5.74, 6) is -0.765. The lowest BCUT2D eigenvalue weighted by Gasteiger charge is -2.23. The van der Waals surface area contributed by atoms with Gasteiger partial charge >= 0.3 is 0 Å². The predicted octanol–water partition coefficient (Wildman–Crippen LogP) is 2.24. The van der Waals surface area contributed by atoms with Crippen molar-refractivity contribution >= 4 is 0 Å². The summed E-state index contributed by atoms with van der Waals surface area (Å²) in [5, 5.41) is 11.2. The van der Waals surface area contributed by atoms with Gasteiger partial charge in [0.15, 0.2) is 0 Å². The number of azo groups is 1. The molecule has 1 aliphatic rings. The van der Waals surface area contributed by atoms with Gasteiger partial charge in [0.05, 0.1) is 6.54 Å². The van der Waals surface area contributed by atoms with Crippen LogP contribution in [0.2, 0.25) is 0 Å². The van der Waals surface area contributed by atoms with Crippen LogP contribution in [-0.4, -0.2) is 45.2 Å². The van der Waals surface area contributed by atoms with E-state index in [-0.39, 0.29) is 12.0 Å². The molecule has 0 aliphatic carbocycles. The molecule has 1 N–H and O–H groups in total. The second-order valence-electron chi connectivity index (χ2n) is 5.18. The SMILES string of the molecule is CNCCN(C)CC1CN=NC1c1cc(F)ccc1F. The van der Waals surface area contributed by atoms with Gasteiger partial charge in [-0.2, -0.15) is 10.2 Å². The number of hydrogen-bond acceptors (Lipinski definition) is 4. The molecule has 6 heteroatoms. The number of likely N-dealkylation sites (N-methyl/N-ethyl adjacent to an activating group) is 2. The maximum absolute atomic E-state index is 13.8. The summed E-state index contributed by atoms with van der Waals surface area (Å²) in [5.41, 5.74) is 0.304. The first-order valence-electron chi connectivity index (χ1n) is 6.76. The fraction of sp³-hybridized carbons (Fsp3) is 0.571. The summed E-state index contributed by atoms with van der Waals surface area (Å²) in [6.07, 6.45) is 0. The Bertz CT molecular complexity index is 478. The molecule has 0 saturated carbocycles. The number of rotatable bonds is 6. The van der Waals surface area contributed by atoms with Crippen molar-refractivity contribution in [1.29, 1.82) is 0 Å². The fourth-order valence-corrected chi connectivity index (χ4v) is 2.44. The Morgan fingerprint density at radius 1 is 1.40 bits per heavy atom. The predicted molar refractivity (Wildman–Crippen MR) is 73.7 cm³/mol. The Kier molecular flexibility index (Phi) is 5.14. The summed E-state index contributed by atoms with van der Waals surface area (Å²) in [7, 11) is 3.91. The topological polar surface area (TPSA) is 40.0 Å². The van der Waals surface area contributed by atoms with E-state index in [0.29, 0.717) is 12.1 Å². The van der Waals surface area contributed by atoms with E-state index in [2.05, 4.69) is 20.4 Å². The number of hydrogen-bond donors (Lipinski definition) is 1. The van der Waals surface area contributed by atoms with E-state index in [1.165, 1.54) is 6.07 Å². The van der Waals surface area contributed by atoms with Gasteiger partial charge < -0.3 is 10.2 Å². The van der Waals surface area contributed by atoms with E-state index in [0.717, 1.165) is 31.8 Å². The maximum Gasteiger partial charge on any atom is 0.128 e. The van der Waals surface area contributed by atoms with Gasteiger partial charge in [0.1, 0.15) is 17.7 Å². The molecule has 0 bridgehead atoms. The van der Waals surface area contributed by atoms with Crippen molar-refractivity contribution in [3.05, 3.63) is 35.4 Å². The van der Waals surface area contributed by atoms with Crippen LogP contribution in [0.15, 0.2) is 28.4 Å². The first-order valence-corrected chi connectivity index (χ1v) is 6.76. The first-order chi connectivity index (χ1) is 9.61. The highest BCUT2D eigenvalue weighted by Crippen LogP contribution is 2.34. The van der Waals surface area contributed by atoms with Crippen molar-refractivity contribution < 1.29 is 8.78 Å². The molecule has 2 unspecified atom stereocenters. The number of nitrogens with one attached hydrogen (secondary N) is 1. The monoisotopic (exact) mass is 282 g/mol. The van der Waals surface area contributed by atoms with Crippen molar-refractivity contribution in [3.8, 4) is 0 Å². The Balaban J connectivity index is 2.06. The van der Waals surface area contributed by atoms with E-state index in [1.54, 1.807) is 0 Å². The van der Waals surface area contributed by atoms with E-state index < -0.39 is 11.6 Å². The van der Waals surface area contributed by atoms with E-state index in [1.807, 2.05) is 14.1 Å². The summed E-state index contributed by atoms with van der Waals surface area (Å²) >= 11 is 0. The van der Waals surface area contributed by atoms with Crippen molar-refractivity contribution in [2.24, 2.45) is 16.1 Å². The maximum atomic E-state index is 13.8. The molecule has 0 aromatic heterocycles. The highest BCUT2D eigenvalue weighted by molar-refractivity contribution is 5.24. The number of halogens is 2. The zero-order chi connectivity index (χ0) is 14.5. The van der Waals surface area contributed by atoms with E-state index in [9.17, 15) is 8.78 Å². The molecular weight excluding hydrogens is 262 g/mol. The van der Waals surface area contributed by atoms with Crippen LogP contribution < -0.4 is 5.32 Å². The molecule has 2 atom stereocenters. The lowest BCUT2D eigenvalue weighted by molar-refractivity contribution is 0.270. The summed E-state index contributed by atoms with van der Waals surface area (Å²) in [6.45, 7) is 3.10. The minimum atomic E-state index is -0.439. The van der Waals surface area contributed by atoms with Crippen LogP contribution in [0, 0.1) is 17.6 Å². The van der Waals surface area contributed by atoms with Gasteiger partial charge in [-0.3, -0.25) is 0 Å². The van der Waals surface area contributed by atoms with E-state index in [4.69, 9.17) is 0 Å². The molecule has 0 amide bonds. The van der Waals surface area contributed by atoms with E-state index >= 15 is 0 Å². The highest BCUT2D eigenvalue weighted by atomic mass is 19.1. The Labute approximate surface area is 117 Å². The summed E-state index contributed by atoms with van der Waals surface area (Å²) in [6, 6.07) is 3.12. The molecule has 2 rings (SSSR count). The molecule has 1 aromatic rings. The second-order valence-corrected chi connectivity index (χ2v) is 5.18. The average molecular weight is 282 g/mol. The number of nitrogens with zero attached hydrogens (tertiary/aromatic N) is 3. The molecule has 0 saturated heterocycles. The molecule has 0 spiro atoms. The lowest BCUT2D eigenvalue weighted by atomic mass is 9.93. The van der Waals surface area contributed by atoms with Crippen LogP contribution in [-0.2, 0) is 0 Å². The van der Waals surface area contributed by atoms with Crippen molar-refractivity contribution in [3.63, 3.8) is 0 Å². The second kappa shape index (κ2) is 6.85. The molecule has 4 nitrogen and oxygen atoms in total. The van der Waals surface area contributed by atoms with Crippen LogP contribution in [0.3, 0.4) is 0 Å². The molecule has 1 aromatic carbocycles. The Morgan fingerprint density at radius 2 is 2.20 bits per heavy atom. The summed E-state index contributed by atoms with van der Waals surface area (Å²) in [4.78, 5) is 2.15. The normalized spacial score (nSPS) is 21.9. The van der Waals surface area contributed by atoms with Crippen molar-refractivity contribution in [2.75, 3.05) is 40.3 Å². The van der Waals surface area contributed by atoms with Gasteiger partial charge in [0.2, 0.25) is 0 Å². The Morgan fingerprint density at radius 3 is 2.95 bits per heavy atom. The lowest BCUT2D eigenvalue weighted by Crippen LogP contribution is -2.33. The standard InChI is InChI=1S/C14H20F2N4/c1-17-5-6-20(2)9-10-8-18-19-14(10)12-7-11(15)3-4-13(12)16/h3-4,7,10,14,17H,5-6,8-9H2,1-2H3. The Hall–Kier alpha value is -1.40. The highest BCUT2D eigenvalue weighted by Gasteiger charge is 2.30. The van der Waals surface area contributed by atoms with Crippen LogP contribution in [0.4, 0.5) is 8.78 Å². The minimum absolute atomic E-state index is 0.0909. The largest absolute Gasteiger partial charge is 0.318 e. The first kappa shape index (κ1) is 15.0. The molecule has 0 fully saturated rings. The molecule has 20 heavy (non-hydrogen) atoms. The molecule has 1 heterocycles. The van der Waals surface area contributed by atoms with Gasteiger partial charge in [0.25, 0.3) is 0 Å². The average Bonchev–Trinajstić information content (AvgIpc) is 2.87. The van der Waals surface area contributed by atoms with Crippen LogP contribution in [0.1, 0.15) is 11.6 Å². The minimum Gasteiger partial charge on any atom is -0.318 e. The molecule has 1 aliphatic heterocycles. The third kappa shape index (κ3) is 3.58. The van der Waals surface area contributed by atoms with Gasteiger partial charge in [-0.25, -0.2) is 8.78 Å². The van der Waals surface area contributed by atoms with Gasteiger partial charge in [-0.1, -0.05) is 0 Å². The number of benzene rings is 1. The van der Waals surface area contributed by atoms with Crippen LogP contribution >= 0.6 is 0 Å². The third-order valence-electron chi connectivity index (χ3n) is 3.54. The van der Waals surface area contributed by atoms with Gasteiger partial charge in [0, 0.05) is 31.1 Å². The molecular formula is C14H20F2N4. The van der Waals surface area contributed by atoms with Gasteiger partial charge in [-0.15, -0.1) is 0 Å². The third-order valence-corrected chi connectivity index (χ3v) is 3.54. The molecule has 110 valence electrons. The smallest absolute Gasteiger partial charge is 0.128 e. The van der Waals surface area contributed by atoms with Crippen molar-refractivity contribution in [1.82, 2.24) is 10.2 Å². The zero-order valence-corrected chi connectivity index (χ0v) is 11.8.